The molecule has 0 saturated heterocycles. The Balaban J connectivity index is 1.83. The standard InChI is InChI=1S/C23H27NO2/c1-16(2)8-11-20(26)14-21-22(17-6-4-3-5-7-17)15-24-23(21)18-9-12-19(25)13-10-18/h3-7,9-10,12-13,16,21-22,25H,8,11,14-15H2,1-2H3. The highest BCUT2D eigenvalue weighted by molar-refractivity contribution is 6.05. The fourth-order valence-corrected chi connectivity index (χ4v) is 3.64. The Hall–Kier alpha value is -2.42. The third kappa shape index (κ3) is 4.40. The Morgan fingerprint density at radius 3 is 2.46 bits per heavy atom. The maximum Gasteiger partial charge on any atom is 0.133 e. The van der Waals surface area contributed by atoms with Crippen LogP contribution in [0.3, 0.4) is 0 Å². The number of benzene rings is 2. The van der Waals surface area contributed by atoms with Crippen molar-refractivity contribution in [3.8, 4) is 5.75 Å². The molecule has 0 fully saturated rings. The highest BCUT2D eigenvalue weighted by atomic mass is 16.3. The molecule has 2 unspecified atom stereocenters. The number of carbonyl (C=O) groups excluding carboxylic acids is 1. The number of carbonyl (C=O) groups is 1. The largest absolute Gasteiger partial charge is 0.508 e. The van der Waals surface area contributed by atoms with Crippen molar-refractivity contribution in [1.82, 2.24) is 0 Å². The van der Waals surface area contributed by atoms with Gasteiger partial charge in [-0.05, 0) is 47.7 Å². The summed E-state index contributed by atoms with van der Waals surface area (Å²) in [7, 11) is 0. The van der Waals surface area contributed by atoms with Crippen molar-refractivity contribution < 1.29 is 9.90 Å². The fourth-order valence-electron chi connectivity index (χ4n) is 3.64. The molecule has 2 atom stereocenters. The molecule has 26 heavy (non-hydrogen) atoms. The van der Waals surface area contributed by atoms with Gasteiger partial charge in [-0.25, -0.2) is 0 Å². The van der Waals surface area contributed by atoms with Gasteiger partial charge in [-0.2, -0.15) is 0 Å². The van der Waals surface area contributed by atoms with Crippen molar-refractivity contribution in [2.75, 3.05) is 6.54 Å². The van der Waals surface area contributed by atoms with E-state index in [-0.39, 0.29) is 17.6 Å². The summed E-state index contributed by atoms with van der Waals surface area (Å²) in [5, 5.41) is 9.57. The number of phenolic OH excluding ortho intramolecular Hbond substituents is 1. The molecule has 0 spiro atoms. The zero-order valence-corrected chi connectivity index (χ0v) is 15.6. The minimum Gasteiger partial charge on any atom is -0.508 e. The molecule has 0 aromatic heterocycles. The lowest BCUT2D eigenvalue weighted by Gasteiger charge is -2.21. The molecule has 0 amide bonds. The van der Waals surface area contributed by atoms with Crippen LogP contribution in [-0.4, -0.2) is 23.1 Å². The normalized spacial score (nSPS) is 19.6. The number of rotatable bonds is 7. The molecule has 3 heteroatoms. The van der Waals surface area contributed by atoms with Crippen molar-refractivity contribution in [3.63, 3.8) is 0 Å². The lowest BCUT2D eigenvalue weighted by atomic mass is 9.80. The minimum atomic E-state index is 0.0987. The van der Waals surface area contributed by atoms with Gasteiger partial charge in [0.25, 0.3) is 0 Å². The van der Waals surface area contributed by atoms with Crippen LogP contribution in [-0.2, 0) is 4.79 Å². The van der Waals surface area contributed by atoms with Gasteiger partial charge in [0, 0.05) is 36.9 Å². The van der Waals surface area contributed by atoms with Gasteiger partial charge in [0.05, 0.1) is 0 Å². The van der Waals surface area contributed by atoms with Crippen molar-refractivity contribution >= 4 is 11.5 Å². The highest BCUT2D eigenvalue weighted by Crippen LogP contribution is 2.36. The van der Waals surface area contributed by atoms with E-state index >= 15 is 0 Å². The van der Waals surface area contributed by atoms with Crippen molar-refractivity contribution in [2.24, 2.45) is 16.8 Å². The number of hydrogen-bond donors (Lipinski definition) is 1. The molecule has 3 rings (SSSR count). The average molecular weight is 349 g/mol. The van der Waals surface area contributed by atoms with Gasteiger partial charge in [0.15, 0.2) is 0 Å². The minimum absolute atomic E-state index is 0.0987. The second kappa shape index (κ2) is 8.31. The third-order valence-corrected chi connectivity index (χ3v) is 5.13. The van der Waals surface area contributed by atoms with E-state index in [2.05, 4.69) is 26.0 Å². The highest BCUT2D eigenvalue weighted by Gasteiger charge is 2.34. The SMILES string of the molecule is CC(C)CCC(=O)CC1C(c2ccc(O)cc2)=NCC1c1ccccc1. The Kier molecular flexibility index (Phi) is 5.87. The van der Waals surface area contributed by atoms with E-state index in [1.165, 1.54) is 5.56 Å². The van der Waals surface area contributed by atoms with E-state index in [0.29, 0.717) is 31.1 Å². The summed E-state index contributed by atoms with van der Waals surface area (Å²) in [4.78, 5) is 17.4. The van der Waals surface area contributed by atoms with Crippen LogP contribution < -0.4 is 0 Å². The second-order valence-corrected chi connectivity index (χ2v) is 7.57. The molecule has 1 heterocycles. The second-order valence-electron chi connectivity index (χ2n) is 7.57. The van der Waals surface area contributed by atoms with Crippen molar-refractivity contribution in [1.29, 1.82) is 0 Å². The van der Waals surface area contributed by atoms with Gasteiger partial charge >= 0.3 is 0 Å². The molecule has 0 radical (unpaired) electrons. The van der Waals surface area contributed by atoms with E-state index in [9.17, 15) is 9.90 Å². The van der Waals surface area contributed by atoms with Crippen LogP contribution in [0.2, 0.25) is 0 Å². The molecular weight excluding hydrogens is 322 g/mol. The predicted octanol–water partition coefficient (Wildman–Crippen LogP) is 4.99. The molecule has 3 nitrogen and oxygen atoms in total. The summed E-state index contributed by atoms with van der Waals surface area (Å²) in [6.07, 6.45) is 2.11. The fraction of sp³-hybridized carbons (Fsp3) is 0.391. The van der Waals surface area contributed by atoms with E-state index < -0.39 is 0 Å². The molecule has 0 aliphatic carbocycles. The van der Waals surface area contributed by atoms with Crippen LogP contribution >= 0.6 is 0 Å². The van der Waals surface area contributed by atoms with E-state index in [1.807, 2.05) is 30.3 Å². The maximum absolute atomic E-state index is 12.6. The van der Waals surface area contributed by atoms with Crippen molar-refractivity contribution in [3.05, 3.63) is 65.7 Å². The maximum atomic E-state index is 12.6. The number of nitrogens with zero attached hydrogens (tertiary/aromatic N) is 1. The molecule has 1 aliphatic rings. The van der Waals surface area contributed by atoms with Gasteiger partial charge < -0.3 is 5.11 Å². The van der Waals surface area contributed by atoms with Crippen LogP contribution in [0.1, 0.15) is 50.2 Å². The average Bonchev–Trinajstić information content (AvgIpc) is 3.05. The Morgan fingerprint density at radius 2 is 1.81 bits per heavy atom. The van der Waals surface area contributed by atoms with Gasteiger partial charge in [-0.3, -0.25) is 9.79 Å². The summed E-state index contributed by atoms with van der Waals surface area (Å²) < 4.78 is 0. The molecule has 1 N–H and O–H groups in total. The van der Waals surface area contributed by atoms with Gasteiger partial charge in [0.2, 0.25) is 0 Å². The first-order chi connectivity index (χ1) is 12.5. The van der Waals surface area contributed by atoms with E-state index in [1.54, 1.807) is 12.1 Å². The lowest BCUT2D eigenvalue weighted by molar-refractivity contribution is -0.119. The first-order valence-electron chi connectivity index (χ1n) is 9.45. The van der Waals surface area contributed by atoms with Crippen LogP contribution in [0.25, 0.3) is 0 Å². The van der Waals surface area contributed by atoms with Crippen LogP contribution in [0.4, 0.5) is 0 Å². The zero-order valence-electron chi connectivity index (χ0n) is 15.6. The predicted molar refractivity (Wildman–Crippen MR) is 106 cm³/mol. The quantitative estimate of drug-likeness (QED) is 0.765. The molecule has 2 aromatic rings. The third-order valence-electron chi connectivity index (χ3n) is 5.13. The monoisotopic (exact) mass is 349 g/mol. The first-order valence-corrected chi connectivity index (χ1v) is 9.45. The summed E-state index contributed by atoms with van der Waals surface area (Å²) >= 11 is 0. The molecule has 0 bridgehead atoms. The number of Topliss-reactive ketones (excluding diaryl/α,β-unsaturated/α-hetero) is 1. The Bertz CT molecular complexity index is 763. The smallest absolute Gasteiger partial charge is 0.133 e. The van der Waals surface area contributed by atoms with E-state index in [4.69, 9.17) is 4.99 Å². The van der Waals surface area contributed by atoms with Gasteiger partial charge in [0.1, 0.15) is 11.5 Å². The molecular formula is C23H27NO2. The summed E-state index contributed by atoms with van der Waals surface area (Å²) in [6.45, 7) is 5.01. The zero-order chi connectivity index (χ0) is 18.5. The number of hydrogen-bond acceptors (Lipinski definition) is 3. The Morgan fingerprint density at radius 1 is 1.12 bits per heavy atom. The first kappa shape index (κ1) is 18.4. The molecule has 136 valence electrons. The topological polar surface area (TPSA) is 49.7 Å². The number of phenols is 1. The molecule has 0 saturated carbocycles. The summed E-state index contributed by atoms with van der Waals surface area (Å²) in [5.74, 6) is 1.44. The summed E-state index contributed by atoms with van der Waals surface area (Å²) in [6, 6.07) is 17.5. The number of aliphatic imine (C=N–C) groups is 1. The molecule has 1 aliphatic heterocycles. The Labute approximate surface area is 155 Å². The van der Waals surface area contributed by atoms with Crippen LogP contribution in [0.15, 0.2) is 59.6 Å². The molecule has 2 aromatic carbocycles. The number of aromatic hydroxyl groups is 1. The summed E-state index contributed by atoms with van der Waals surface area (Å²) in [5.41, 5.74) is 3.24. The van der Waals surface area contributed by atoms with Crippen LogP contribution in [0.5, 0.6) is 5.75 Å². The van der Waals surface area contributed by atoms with Gasteiger partial charge in [-0.1, -0.05) is 44.2 Å². The van der Waals surface area contributed by atoms with Crippen molar-refractivity contribution in [2.45, 2.75) is 39.0 Å². The van der Waals surface area contributed by atoms with Crippen LogP contribution in [0, 0.1) is 11.8 Å². The van der Waals surface area contributed by atoms with Gasteiger partial charge in [-0.15, -0.1) is 0 Å². The van der Waals surface area contributed by atoms with E-state index in [0.717, 1.165) is 17.7 Å². The lowest BCUT2D eigenvalue weighted by Crippen LogP contribution is -2.22. The number of ketones is 1.